The van der Waals surface area contributed by atoms with Crippen LogP contribution in [0.3, 0.4) is 0 Å². The molecule has 0 fully saturated rings. The highest BCUT2D eigenvalue weighted by Gasteiger charge is 2.09. The molecule has 0 spiro atoms. The highest BCUT2D eigenvalue weighted by atomic mass is 35.5. The number of rotatable bonds is 5. The van der Waals surface area contributed by atoms with Gasteiger partial charge in [-0.3, -0.25) is 4.79 Å². The summed E-state index contributed by atoms with van der Waals surface area (Å²) in [4.78, 5) is 15.8. The van der Waals surface area contributed by atoms with Crippen LogP contribution in [0.4, 0.5) is 0 Å². The Morgan fingerprint density at radius 1 is 1.44 bits per heavy atom. The molecule has 0 aliphatic carbocycles. The third kappa shape index (κ3) is 3.01. The van der Waals surface area contributed by atoms with Crippen LogP contribution in [-0.4, -0.2) is 17.4 Å². The summed E-state index contributed by atoms with van der Waals surface area (Å²) in [6, 6.07) is 5.10. The number of carbonyl (C=O) groups excluding carboxylic acids is 1. The number of fused-ring (bicyclic) bond motifs is 1. The van der Waals surface area contributed by atoms with Gasteiger partial charge in [-0.05, 0) is 36.2 Å². The van der Waals surface area contributed by atoms with E-state index in [-0.39, 0.29) is 11.3 Å². The van der Waals surface area contributed by atoms with Crippen molar-refractivity contribution in [2.24, 2.45) is 0 Å². The molecule has 1 aromatic carbocycles. The summed E-state index contributed by atoms with van der Waals surface area (Å²) in [5.41, 5.74) is 1.75. The zero-order valence-corrected chi connectivity index (χ0v) is 11.0. The van der Waals surface area contributed by atoms with Crippen molar-refractivity contribution >= 4 is 28.6 Å². The molecule has 0 unspecified atom stereocenters. The van der Waals surface area contributed by atoms with Gasteiger partial charge in [0.2, 0.25) is 0 Å². The van der Waals surface area contributed by atoms with Crippen molar-refractivity contribution in [3.8, 4) is 0 Å². The number of aromatic nitrogens is 1. The van der Waals surface area contributed by atoms with E-state index in [0.29, 0.717) is 23.2 Å². The van der Waals surface area contributed by atoms with Crippen LogP contribution < -0.4 is 5.32 Å². The van der Waals surface area contributed by atoms with Gasteiger partial charge in [0, 0.05) is 12.1 Å². The van der Waals surface area contributed by atoms with Crippen LogP contribution in [0, 0.1) is 0 Å². The highest BCUT2D eigenvalue weighted by Crippen LogP contribution is 2.19. The second-order valence-corrected chi connectivity index (χ2v) is 4.44. The van der Waals surface area contributed by atoms with Crippen molar-refractivity contribution in [2.45, 2.75) is 26.2 Å². The van der Waals surface area contributed by atoms with Crippen molar-refractivity contribution in [3.05, 3.63) is 29.1 Å². The van der Waals surface area contributed by atoms with Crippen molar-refractivity contribution in [2.75, 3.05) is 6.54 Å². The molecular formula is C13H15ClN2O2. The number of nitrogens with one attached hydrogen (secondary N) is 1. The number of hydrogen-bond acceptors (Lipinski definition) is 3. The van der Waals surface area contributed by atoms with Gasteiger partial charge in [0.25, 0.3) is 11.3 Å². The van der Waals surface area contributed by atoms with Gasteiger partial charge < -0.3 is 9.73 Å². The predicted molar refractivity (Wildman–Crippen MR) is 70.9 cm³/mol. The maximum Gasteiger partial charge on any atom is 0.293 e. The summed E-state index contributed by atoms with van der Waals surface area (Å²) < 4.78 is 5.18. The molecule has 96 valence electrons. The monoisotopic (exact) mass is 266 g/mol. The van der Waals surface area contributed by atoms with E-state index in [1.165, 1.54) is 0 Å². The lowest BCUT2D eigenvalue weighted by Crippen LogP contribution is -2.24. The topological polar surface area (TPSA) is 55.1 Å². The standard InChI is InChI=1S/C13H15ClN2O2/c1-2-3-4-7-15-12(17)9-5-6-10-11(8-9)18-13(14)16-10/h5-6,8H,2-4,7H2,1H3,(H,15,17). The minimum Gasteiger partial charge on any atom is -0.428 e. The summed E-state index contributed by atoms with van der Waals surface area (Å²) in [7, 11) is 0. The Kier molecular flexibility index (Phi) is 4.20. The summed E-state index contributed by atoms with van der Waals surface area (Å²) in [5.74, 6) is -0.0967. The number of hydrogen-bond donors (Lipinski definition) is 1. The molecule has 1 N–H and O–H groups in total. The van der Waals surface area contributed by atoms with Crippen LogP contribution in [0.1, 0.15) is 36.5 Å². The SMILES string of the molecule is CCCCCNC(=O)c1ccc2nc(Cl)oc2c1. The first-order chi connectivity index (χ1) is 8.70. The molecule has 0 radical (unpaired) electrons. The molecule has 1 aromatic heterocycles. The second kappa shape index (κ2) is 5.87. The normalized spacial score (nSPS) is 10.8. The van der Waals surface area contributed by atoms with Crippen LogP contribution in [-0.2, 0) is 0 Å². The zero-order valence-electron chi connectivity index (χ0n) is 10.2. The number of oxazole rings is 1. The first-order valence-corrected chi connectivity index (χ1v) is 6.43. The van der Waals surface area contributed by atoms with Crippen LogP contribution >= 0.6 is 11.6 Å². The van der Waals surface area contributed by atoms with Gasteiger partial charge in [-0.25, -0.2) is 0 Å². The molecule has 0 atom stereocenters. The van der Waals surface area contributed by atoms with E-state index in [1.54, 1.807) is 18.2 Å². The maximum absolute atomic E-state index is 11.9. The molecule has 0 aliphatic heterocycles. The van der Waals surface area contributed by atoms with Gasteiger partial charge in [0.15, 0.2) is 5.58 Å². The van der Waals surface area contributed by atoms with E-state index in [0.717, 1.165) is 19.3 Å². The maximum atomic E-state index is 11.9. The van der Waals surface area contributed by atoms with Crippen molar-refractivity contribution in [1.82, 2.24) is 10.3 Å². The molecule has 2 rings (SSSR count). The third-order valence-corrected chi connectivity index (χ3v) is 2.85. The first-order valence-electron chi connectivity index (χ1n) is 6.05. The lowest BCUT2D eigenvalue weighted by Gasteiger charge is -2.04. The highest BCUT2D eigenvalue weighted by molar-refractivity contribution is 6.28. The van der Waals surface area contributed by atoms with Gasteiger partial charge in [-0.2, -0.15) is 4.98 Å². The molecule has 1 heterocycles. The summed E-state index contributed by atoms with van der Waals surface area (Å²) in [6.07, 6.45) is 3.26. The Morgan fingerprint density at radius 3 is 3.06 bits per heavy atom. The second-order valence-electron chi connectivity index (χ2n) is 4.11. The van der Waals surface area contributed by atoms with E-state index in [2.05, 4.69) is 17.2 Å². The Balaban J connectivity index is 2.03. The Bertz CT molecular complexity index is 551. The molecule has 4 nitrogen and oxygen atoms in total. The number of carbonyl (C=O) groups is 1. The summed E-state index contributed by atoms with van der Waals surface area (Å²) >= 11 is 5.66. The molecule has 18 heavy (non-hydrogen) atoms. The van der Waals surface area contributed by atoms with Crippen molar-refractivity contribution in [3.63, 3.8) is 0 Å². The van der Waals surface area contributed by atoms with E-state index in [4.69, 9.17) is 16.0 Å². The molecule has 5 heteroatoms. The van der Waals surface area contributed by atoms with E-state index in [9.17, 15) is 4.79 Å². The lowest BCUT2D eigenvalue weighted by atomic mass is 10.2. The van der Waals surface area contributed by atoms with Crippen LogP contribution in [0.5, 0.6) is 0 Å². The third-order valence-electron chi connectivity index (χ3n) is 2.69. The minimum absolute atomic E-state index is 0.0884. The molecule has 0 aliphatic rings. The fraction of sp³-hybridized carbons (Fsp3) is 0.385. The Morgan fingerprint density at radius 2 is 2.28 bits per heavy atom. The largest absolute Gasteiger partial charge is 0.428 e. The zero-order chi connectivity index (χ0) is 13.0. The van der Waals surface area contributed by atoms with Gasteiger partial charge in [0.1, 0.15) is 5.52 Å². The molecule has 0 bridgehead atoms. The van der Waals surface area contributed by atoms with E-state index in [1.807, 2.05) is 0 Å². The fourth-order valence-corrected chi connectivity index (χ4v) is 1.89. The Labute approximate surface area is 110 Å². The number of amides is 1. The smallest absolute Gasteiger partial charge is 0.293 e. The number of unbranched alkanes of at least 4 members (excludes halogenated alkanes) is 2. The number of nitrogens with zero attached hydrogens (tertiary/aromatic N) is 1. The minimum atomic E-state index is -0.0967. The first kappa shape index (κ1) is 12.9. The molecule has 0 saturated heterocycles. The Hall–Kier alpha value is -1.55. The van der Waals surface area contributed by atoms with Crippen LogP contribution in [0.15, 0.2) is 22.6 Å². The van der Waals surface area contributed by atoms with Crippen LogP contribution in [0.25, 0.3) is 11.1 Å². The molecule has 2 aromatic rings. The van der Waals surface area contributed by atoms with Gasteiger partial charge in [-0.15, -0.1) is 0 Å². The number of benzene rings is 1. The van der Waals surface area contributed by atoms with Crippen LogP contribution in [0.2, 0.25) is 5.35 Å². The van der Waals surface area contributed by atoms with Gasteiger partial charge in [0.05, 0.1) is 0 Å². The van der Waals surface area contributed by atoms with E-state index >= 15 is 0 Å². The molecule has 0 saturated carbocycles. The molecule has 1 amide bonds. The van der Waals surface area contributed by atoms with E-state index < -0.39 is 0 Å². The van der Waals surface area contributed by atoms with Crippen molar-refractivity contribution < 1.29 is 9.21 Å². The summed E-state index contributed by atoms with van der Waals surface area (Å²) in [5, 5.41) is 2.96. The van der Waals surface area contributed by atoms with Gasteiger partial charge in [-0.1, -0.05) is 19.8 Å². The van der Waals surface area contributed by atoms with Crippen molar-refractivity contribution in [1.29, 1.82) is 0 Å². The summed E-state index contributed by atoms with van der Waals surface area (Å²) in [6.45, 7) is 2.82. The lowest BCUT2D eigenvalue weighted by molar-refractivity contribution is 0.0953. The fourth-order valence-electron chi connectivity index (χ4n) is 1.72. The predicted octanol–water partition coefficient (Wildman–Crippen LogP) is 3.40. The average molecular weight is 267 g/mol. The molecular weight excluding hydrogens is 252 g/mol. The van der Waals surface area contributed by atoms with Gasteiger partial charge >= 0.3 is 0 Å². The average Bonchev–Trinajstić information content (AvgIpc) is 2.73. The number of halogens is 1. The quantitative estimate of drug-likeness (QED) is 0.844.